The maximum absolute atomic E-state index is 11.1. The monoisotopic (exact) mass is 696 g/mol. The van der Waals surface area contributed by atoms with Gasteiger partial charge in [-0.15, -0.1) is 0 Å². The van der Waals surface area contributed by atoms with Gasteiger partial charge in [-0.25, -0.2) is 16.8 Å². The number of hydrogen-bond acceptors (Lipinski definition) is 7. The van der Waals surface area contributed by atoms with E-state index in [4.69, 9.17) is 5.11 Å². The van der Waals surface area contributed by atoms with Gasteiger partial charge in [0.15, 0.2) is 19.7 Å². The molecular weight excluding hydrogens is 621 g/mol. The van der Waals surface area contributed by atoms with Gasteiger partial charge in [-0.1, -0.05) is 111 Å². The molecule has 0 aromatic carbocycles. The smallest absolute Gasteiger partial charge is 0.152 e. The predicted octanol–water partition coefficient (Wildman–Crippen LogP) is 8.68. The third kappa shape index (κ3) is 36.7. The Bertz CT molecular complexity index is 809. The molecule has 6 nitrogen and oxygen atoms in total. The zero-order valence-electron chi connectivity index (χ0n) is 31.9. The highest BCUT2D eigenvalue weighted by Crippen LogP contribution is 2.24. The minimum Gasteiger partial charge on any atom is -0.396 e. The van der Waals surface area contributed by atoms with Crippen LogP contribution < -0.4 is 0 Å². The topological polar surface area (TPSA) is 106 Å². The molecule has 0 spiro atoms. The van der Waals surface area contributed by atoms with E-state index in [2.05, 4.69) is 55.4 Å². The summed E-state index contributed by atoms with van der Waals surface area (Å²) in [4.78, 5) is 0. The number of rotatable bonds is 12. The largest absolute Gasteiger partial charge is 0.396 e. The second-order valence-electron chi connectivity index (χ2n) is 14.5. The van der Waals surface area contributed by atoms with E-state index < -0.39 is 30.5 Å². The summed E-state index contributed by atoms with van der Waals surface area (Å²) >= 11 is 2.01. The Morgan fingerprint density at radius 2 is 0.837 bits per heavy atom. The van der Waals surface area contributed by atoms with Crippen LogP contribution in [0.25, 0.3) is 0 Å². The molecule has 0 saturated carbocycles. The first-order valence-electron chi connectivity index (χ1n) is 16.0. The van der Waals surface area contributed by atoms with Crippen LogP contribution in [-0.2, 0) is 30.5 Å². The van der Waals surface area contributed by atoms with Gasteiger partial charge in [0.25, 0.3) is 0 Å². The molecule has 268 valence electrons. The van der Waals surface area contributed by atoms with Gasteiger partial charge in [-0.05, 0) is 61.4 Å². The van der Waals surface area contributed by atoms with Gasteiger partial charge in [-0.2, -0.15) is 11.8 Å². The molecule has 0 aromatic heterocycles. The Hall–Kier alpha value is 0.360. The van der Waals surface area contributed by atoms with E-state index in [0.29, 0.717) is 27.9 Å². The van der Waals surface area contributed by atoms with Gasteiger partial charge >= 0.3 is 0 Å². The first-order valence-corrected chi connectivity index (χ1v) is 21.6. The van der Waals surface area contributed by atoms with Gasteiger partial charge < -0.3 is 5.11 Å². The zero-order valence-corrected chi connectivity index (χ0v) is 35.2. The molecule has 1 N–H and O–H groups in total. The summed E-state index contributed by atoms with van der Waals surface area (Å²) in [6, 6.07) is 0. The molecule has 0 saturated heterocycles. The fraction of sp³-hybridized carbons (Fsp3) is 1.00. The summed E-state index contributed by atoms with van der Waals surface area (Å²) in [6.45, 7) is 40.0. The first-order chi connectivity index (χ1) is 18.9. The summed E-state index contributed by atoms with van der Waals surface area (Å²) in [5.41, 5.74) is 0.0972. The van der Waals surface area contributed by atoms with Crippen molar-refractivity contribution >= 4 is 42.2 Å². The minimum absolute atomic E-state index is 0.0972. The second kappa shape index (κ2) is 26.4. The second-order valence-corrected chi connectivity index (χ2v) is 24.4. The molecule has 0 radical (unpaired) electrons. The van der Waals surface area contributed by atoms with Crippen molar-refractivity contribution in [1.29, 1.82) is 0 Å². The van der Waals surface area contributed by atoms with Crippen molar-refractivity contribution in [2.75, 3.05) is 18.1 Å². The van der Waals surface area contributed by atoms with E-state index in [9.17, 15) is 21.0 Å². The van der Waals surface area contributed by atoms with Crippen LogP contribution in [-0.4, -0.2) is 75.8 Å². The normalized spacial score (nSPS) is 12.4. The highest BCUT2D eigenvalue weighted by atomic mass is 32.2. The highest BCUT2D eigenvalue weighted by molar-refractivity contribution is 8.00. The van der Waals surface area contributed by atoms with Gasteiger partial charge in [0.2, 0.25) is 0 Å². The molecule has 0 heterocycles. The lowest BCUT2D eigenvalue weighted by molar-refractivity contribution is 0.113. The Morgan fingerprint density at radius 3 is 0.860 bits per heavy atom. The van der Waals surface area contributed by atoms with Crippen molar-refractivity contribution in [3.63, 3.8) is 0 Å². The van der Waals surface area contributed by atoms with E-state index in [0.717, 1.165) is 10.5 Å². The van der Waals surface area contributed by atoms with E-state index in [1.807, 2.05) is 67.2 Å². The Kier molecular flexibility index (Phi) is 32.5. The van der Waals surface area contributed by atoms with E-state index in [-0.39, 0.29) is 34.4 Å². The fourth-order valence-electron chi connectivity index (χ4n) is 2.59. The Balaban J connectivity index is -0.000000141. The molecular formula is C33H76O6S4. The predicted molar refractivity (Wildman–Crippen MR) is 200 cm³/mol. The average molecular weight is 697 g/mol. The van der Waals surface area contributed by atoms with E-state index in [1.165, 1.54) is 0 Å². The first kappa shape index (κ1) is 52.9. The molecule has 0 atom stereocenters. The van der Waals surface area contributed by atoms with Crippen LogP contribution in [0.15, 0.2) is 0 Å². The van der Waals surface area contributed by atoms with Crippen molar-refractivity contribution in [3.05, 3.63) is 0 Å². The molecule has 43 heavy (non-hydrogen) atoms. The Labute approximate surface area is 278 Å². The van der Waals surface area contributed by atoms with Crippen LogP contribution >= 0.6 is 11.8 Å². The lowest BCUT2D eigenvalue weighted by Gasteiger charge is -2.25. The number of aliphatic hydroxyl groups is 1. The van der Waals surface area contributed by atoms with Crippen molar-refractivity contribution in [2.45, 2.75) is 170 Å². The third-order valence-corrected chi connectivity index (χ3v) is 14.1. The van der Waals surface area contributed by atoms with Crippen molar-refractivity contribution in [3.8, 4) is 0 Å². The van der Waals surface area contributed by atoms with E-state index >= 15 is 0 Å². The molecule has 0 unspecified atom stereocenters. The SMILES string of the molecule is CC(C)C(C)(C)CO.CC(C)CS(=O)(=O)C(C)C.CC(C)CS(=O)(=O)C(C)C.CC(C)S(=O)C(C)C.CC(C)SC(C)C. The maximum atomic E-state index is 11.1. The van der Waals surface area contributed by atoms with Crippen LogP contribution in [0.4, 0.5) is 0 Å². The lowest BCUT2D eigenvalue weighted by Crippen LogP contribution is -2.23. The number of hydrogen-bond donors (Lipinski definition) is 1. The quantitative estimate of drug-likeness (QED) is 0.218. The minimum atomic E-state index is -2.80. The molecule has 0 bridgehead atoms. The summed E-state index contributed by atoms with van der Waals surface area (Å²) in [6.07, 6.45) is 0. The van der Waals surface area contributed by atoms with Crippen LogP contribution in [0, 0.1) is 23.2 Å². The molecule has 0 aliphatic heterocycles. The molecule has 0 amide bonds. The summed E-state index contributed by atoms with van der Waals surface area (Å²) in [7, 11) is -6.22. The van der Waals surface area contributed by atoms with Crippen LogP contribution in [0.5, 0.6) is 0 Å². The van der Waals surface area contributed by atoms with E-state index in [1.54, 1.807) is 27.7 Å². The van der Waals surface area contributed by atoms with Crippen LogP contribution in [0.2, 0.25) is 0 Å². The van der Waals surface area contributed by atoms with Gasteiger partial charge in [0.05, 0.1) is 22.0 Å². The highest BCUT2D eigenvalue weighted by Gasteiger charge is 2.20. The van der Waals surface area contributed by atoms with Gasteiger partial charge in [0.1, 0.15) is 0 Å². The lowest BCUT2D eigenvalue weighted by atomic mass is 9.82. The third-order valence-electron chi connectivity index (χ3n) is 6.01. The van der Waals surface area contributed by atoms with Crippen LogP contribution in [0.1, 0.15) is 138 Å². The summed E-state index contributed by atoms with van der Waals surface area (Å²) in [5.74, 6) is 1.67. The Morgan fingerprint density at radius 1 is 0.581 bits per heavy atom. The number of sulfone groups is 2. The van der Waals surface area contributed by atoms with Gasteiger partial charge in [-0.3, -0.25) is 4.21 Å². The van der Waals surface area contributed by atoms with Gasteiger partial charge in [0, 0.05) is 27.9 Å². The molecule has 0 aliphatic rings. The molecule has 0 rings (SSSR count). The van der Waals surface area contributed by atoms with Crippen molar-refractivity contribution in [1.82, 2.24) is 0 Å². The van der Waals surface area contributed by atoms with Crippen LogP contribution in [0.3, 0.4) is 0 Å². The molecule has 0 aromatic rings. The summed E-state index contributed by atoms with van der Waals surface area (Å²) in [5, 5.41) is 10.5. The van der Waals surface area contributed by atoms with Crippen molar-refractivity contribution in [2.24, 2.45) is 23.2 Å². The molecule has 10 heteroatoms. The molecule has 0 fully saturated rings. The molecule has 0 aliphatic carbocycles. The number of aliphatic hydroxyl groups excluding tert-OH is 1. The standard InChI is InChI=1S/2C7H16O2S.C7H16O.C6H14OS.C6H14S/c2*1-6(2)5-10(8,9)7(3)4;1-6(2)7(3,4)5-8;1-5(2)8(7)6(3)4;1-5(2)7-6(3)4/h2*6-7H,5H2,1-4H3;6,8H,5H2,1-4H3;5-6H,1-4H3;5-6H,1-4H3. The maximum Gasteiger partial charge on any atom is 0.152 e. The fourth-order valence-corrected chi connectivity index (χ4v) is 7.39. The average Bonchev–Trinajstić information content (AvgIpc) is 2.77. The summed E-state index contributed by atoms with van der Waals surface area (Å²) < 4.78 is 55.5. The number of thioether (sulfide) groups is 1. The van der Waals surface area contributed by atoms with Crippen molar-refractivity contribution < 1.29 is 26.2 Å². The zero-order chi connectivity index (χ0) is 36.1.